The molecule has 0 saturated carbocycles. The summed E-state index contributed by atoms with van der Waals surface area (Å²) in [6, 6.07) is 15.0. The summed E-state index contributed by atoms with van der Waals surface area (Å²) in [6.07, 6.45) is 7.31. The number of amides is 2. The van der Waals surface area contributed by atoms with E-state index in [9.17, 15) is 9.59 Å². The Morgan fingerprint density at radius 1 is 0.804 bits per heavy atom. The SMILES string of the molecule is CCCC(=O)N(C(CC)CC)[C@@H](C)c1ncc(-c2ccc3c(c2)COc2cc4c(ccc5nc([C@H](C)N(C(=O)CCC)[C@@H](C)CC)[nH]c54)cc2-3)[nH]1. The van der Waals surface area contributed by atoms with Crippen LogP contribution >= 0.6 is 0 Å². The van der Waals surface area contributed by atoms with Crippen LogP contribution in [0.5, 0.6) is 5.75 Å². The molecule has 51 heavy (non-hydrogen) atoms. The molecule has 5 aromatic rings. The lowest BCUT2D eigenvalue weighted by molar-refractivity contribution is -0.137. The molecule has 0 radical (unpaired) electrons. The van der Waals surface area contributed by atoms with Crippen molar-refractivity contribution < 1.29 is 14.3 Å². The van der Waals surface area contributed by atoms with E-state index in [0.29, 0.717) is 19.4 Å². The molecule has 270 valence electrons. The second-order valence-corrected chi connectivity index (χ2v) is 14.2. The zero-order valence-corrected chi connectivity index (χ0v) is 31.6. The van der Waals surface area contributed by atoms with Gasteiger partial charge in [-0.3, -0.25) is 9.59 Å². The van der Waals surface area contributed by atoms with Crippen molar-refractivity contribution in [3.8, 4) is 28.1 Å². The Bertz CT molecular complexity index is 2020. The molecule has 2 amide bonds. The van der Waals surface area contributed by atoms with E-state index < -0.39 is 0 Å². The number of rotatable bonds is 14. The highest BCUT2D eigenvalue weighted by Gasteiger charge is 2.30. The maximum atomic E-state index is 13.2. The molecule has 0 aliphatic carbocycles. The third kappa shape index (κ3) is 6.87. The minimum absolute atomic E-state index is 0.120. The Hall–Kier alpha value is -4.66. The number of benzene rings is 3. The maximum Gasteiger partial charge on any atom is 0.223 e. The van der Waals surface area contributed by atoms with Gasteiger partial charge in [-0.05, 0) is 99.2 Å². The van der Waals surface area contributed by atoms with Crippen molar-refractivity contribution >= 4 is 33.6 Å². The Labute approximate surface area is 302 Å². The maximum absolute atomic E-state index is 13.2. The number of carbonyl (C=O) groups is 2. The molecule has 2 aromatic heterocycles. The van der Waals surface area contributed by atoms with Crippen LogP contribution in [0.3, 0.4) is 0 Å². The molecule has 9 nitrogen and oxygen atoms in total. The number of ether oxygens (including phenoxy) is 1. The van der Waals surface area contributed by atoms with E-state index in [4.69, 9.17) is 14.7 Å². The Morgan fingerprint density at radius 3 is 2.20 bits per heavy atom. The summed E-state index contributed by atoms with van der Waals surface area (Å²) in [5, 5.41) is 2.14. The quantitative estimate of drug-likeness (QED) is 0.121. The van der Waals surface area contributed by atoms with E-state index in [1.165, 1.54) is 0 Å². The summed E-state index contributed by atoms with van der Waals surface area (Å²) in [5.74, 6) is 2.79. The predicted octanol–water partition coefficient (Wildman–Crippen LogP) is 10.0. The smallest absolute Gasteiger partial charge is 0.223 e. The predicted molar refractivity (Wildman–Crippen MR) is 205 cm³/mol. The van der Waals surface area contributed by atoms with Crippen LogP contribution in [0.25, 0.3) is 44.2 Å². The zero-order valence-electron chi connectivity index (χ0n) is 31.6. The molecule has 0 saturated heterocycles. The van der Waals surface area contributed by atoms with Crippen LogP contribution in [0, 0.1) is 0 Å². The number of aromatic nitrogens is 4. The molecule has 1 aliphatic heterocycles. The second-order valence-electron chi connectivity index (χ2n) is 14.2. The average molecular weight is 691 g/mol. The van der Waals surface area contributed by atoms with Crippen molar-refractivity contribution in [2.45, 2.75) is 131 Å². The van der Waals surface area contributed by atoms with Gasteiger partial charge in [-0.15, -0.1) is 0 Å². The van der Waals surface area contributed by atoms with Crippen molar-refractivity contribution in [1.29, 1.82) is 0 Å². The number of imidazole rings is 2. The van der Waals surface area contributed by atoms with Crippen LogP contribution in [0.4, 0.5) is 0 Å². The first kappa shape index (κ1) is 36.1. The van der Waals surface area contributed by atoms with Gasteiger partial charge in [-0.1, -0.05) is 52.8 Å². The number of hydrogen-bond donors (Lipinski definition) is 2. The molecule has 0 spiro atoms. The van der Waals surface area contributed by atoms with Crippen LogP contribution < -0.4 is 4.74 Å². The zero-order chi connectivity index (χ0) is 36.4. The van der Waals surface area contributed by atoms with Crippen molar-refractivity contribution in [3.63, 3.8) is 0 Å². The Kier molecular flexibility index (Phi) is 10.8. The van der Waals surface area contributed by atoms with Crippen molar-refractivity contribution in [3.05, 3.63) is 65.9 Å². The van der Waals surface area contributed by atoms with Crippen LogP contribution in [-0.2, 0) is 16.2 Å². The lowest BCUT2D eigenvalue weighted by Crippen LogP contribution is -2.41. The Balaban J connectivity index is 1.29. The fraction of sp³-hybridized carbons (Fsp3) is 0.476. The molecule has 0 unspecified atom stereocenters. The highest BCUT2D eigenvalue weighted by molar-refractivity contribution is 6.07. The van der Waals surface area contributed by atoms with E-state index >= 15 is 0 Å². The summed E-state index contributed by atoms with van der Waals surface area (Å²) < 4.78 is 6.41. The van der Waals surface area contributed by atoms with Gasteiger partial charge in [0, 0.05) is 35.9 Å². The summed E-state index contributed by atoms with van der Waals surface area (Å²) in [7, 11) is 0. The van der Waals surface area contributed by atoms with Crippen molar-refractivity contribution in [1.82, 2.24) is 29.7 Å². The number of nitrogens with one attached hydrogen (secondary N) is 2. The molecule has 2 N–H and O–H groups in total. The monoisotopic (exact) mass is 690 g/mol. The molecule has 0 bridgehead atoms. The van der Waals surface area contributed by atoms with Crippen LogP contribution in [0.2, 0.25) is 0 Å². The van der Waals surface area contributed by atoms with Gasteiger partial charge in [0.05, 0.1) is 35.0 Å². The van der Waals surface area contributed by atoms with Crippen LogP contribution in [0.1, 0.15) is 130 Å². The van der Waals surface area contributed by atoms with Gasteiger partial charge in [0.1, 0.15) is 24.0 Å². The second kappa shape index (κ2) is 15.3. The van der Waals surface area contributed by atoms with Crippen LogP contribution in [0.15, 0.2) is 48.7 Å². The standard InChI is InChI=1S/C42H54N6O3/c1-9-14-38(49)47(25(6)11-3)27(8)42-44-35-19-17-28-21-34-32-18-16-29(20-30(32)24-51-37(34)22-33(28)40(35)46-42)36-23-43-41(45-36)26(7)48(31(12-4)13-5)39(50)15-10-2/h16-23,25-27,31H,9-15,24H2,1-8H3,(H,43,45)(H,44,46)/t25-,26-,27-/m0/s1. The van der Waals surface area contributed by atoms with Gasteiger partial charge < -0.3 is 24.5 Å². The molecule has 9 heteroatoms. The normalized spacial score (nSPS) is 14.2. The molecular weight excluding hydrogens is 637 g/mol. The number of aromatic amines is 2. The minimum atomic E-state index is -0.169. The van der Waals surface area contributed by atoms with E-state index in [1.807, 2.05) is 22.9 Å². The summed E-state index contributed by atoms with van der Waals surface area (Å²) >= 11 is 0. The molecule has 6 rings (SSSR count). The van der Waals surface area contributed by atoms with Gasteiger partial charge in [-0.2, -0.15) is 0 Å². The average Bonchev–Trinajstić information content (AvgIpc) is 3.81. The number of fused-ring (bicyclic) bond motifs is 6. The van der Waals surface area contributed by atoms with Gasteiger partial charge >= 0.3 is 0 Å². The van der Waals surface area contributed by atoms with Gasteiger partial charge in [0.2, 0.25) is 11.8 Å². The van der Waals surface area contributed by atoms with Gasteiger partial charge in [0.25, 0.3) is 0 Å². The Morgan fingerprint density at radius 2 is 1.51 bits per heavy atom. The topological polar surface area (TPSA) is 107 Å². The molecule has 3 heterocycles. The van der Waals surface area contributed by atoms with Gasteiger partial charge in [-0.25, -0.2) is 9.97 Å². The third-order valence-electron chi connectivity index (χ3n) is 10.8. The minimum Gasteiger partial charge on any atom is -0.488 e. The lowest BCUT2D eigenvalue weighted by Gasteiger charge is -2.35. The first-order valence-electron chi connectivity index (χ1n) is 19.0. The molecule has 0 fully saturated rings. The van der Waals surface area contributed by atoms with E-state index in [0.717, 1.165) is 99.3 Å². The number of nitrogens with zero attached hydrogens (tertiary/aromatic N) is 4. The number of H-pyrrole nitrogens is 2. The van der Waals surface area contributed by atoms with Crippen molar-refractivity contribution in [2.24, 2.45) is 0 Å². The summed E-state index contributed by atoms with van der Waals surface area (Å²) in [5.41, 5.74) is 7.11. The molecular formula is C42H54N6O3. The van der Waals surface area contributed by atoms with E-state index in [-0.39, 0.29) is 36.0 Å². The van der Waals surface area contributed by atoms with Gasteiger partial charge in [0.15, 0.2) is 0 Å². The van der Waals surface area contributed by atoms with E-state index in [1.54, 1.807) is 0 Å². The highest BCUT2D eigenvalue weighted by atomic mass is 16.5. The highest BCUT2D eigenvalue weighted by Crippen LogP contribution is 2.43. The van der Waals surface area contributed by atoms with Crippen LogP contribution in [-0.4, -0.2) is 53.6 Å². The fourth-order valence-electron chi connectivity index (χ4n) is 7.78. The largest absolute Gasteiger partial charge is 0.488 e. The first-order valence-corrected chi connectivity index (χ1v) is 19.0. The number of hydrogen-bond acceptors (Lipinski definition) is 5. The first-order chi connectivity index (χ1) is 24.6. The number of carbonyl (C=O) groups excluding carboxylic acids is 2. The molecule has 3 aromatic carbocycles. The third-order valence-corrected chi connectivity index (χ3v) is 10.8. The molecule has 1 aliphatic rings. The van der Waals surface area contributed by atoms with Crippen molar-refractivity contribution in [2.75, 3.05) is 0 Å². The molecule has 3 atom stereocenters. The fourth-order valence-corrected chi connectivity index (χ4v) is 7.78. The summed E-state index contributed by atoms with van der Waals surface area (Å²) in [4.78, 5) is 47.2. The van der Waals surface area contributed by atoms with E-state index in [2.05, 4.69) is 101 Å². The summed E-state index contributed by atoms with van der Waals surface area (Å²) in [6.45, 7) is 17.2. The lowest BCUT2D eigenvalue weighted by atomic mass is 9.92.